The number of hydrogen-bond acceptors (Lipinski definition) is 1. The lowest BCUT2D eigenvalue weighted by Gasteiger charge is -2.04. The molecule has 1 aromatic carbocycles. The molecule has 76 valence electrons. The number of aryl methyl sites for hydroxylation is 1. The highest BCUT2D eigenvalue weighted by molar-refractivity contribution is 5.36. The van der Waals surface area contributed by atoms with Crippen LogP contribution in [0.1, 0.15) is 30.9 Å². The van der Waals surface area contributed by atoms with E-state index in [0.29, 0.717) is 11.5 Å². The molecule has 0 heterocycles. The first-order chi connectivity index (χ1) is 6.44. The van der Waals surface area contributed by atoms with E-state index in [9.17, 15) is 4.39 Å². The normalized spacial score (nSPS) is 28.9. The van der Waals surface area contributed by atoms with Crippen molar-refractivity contribution in [2.45, 2.75) is 32.7 Å². The van der Waals surface area contributed by atoms with Gasteiger partial charge in [0.2, 0.25) is 0 Å². The molecule has 1 aliphatic carbocycles. The van der Waals surface area contributed by atoms with Gasteiger partial charge in [0.15, 0.2) is 0 Å². The molecule has 2 heteroatoms. The third-order valence-electron chi connectivity index (χ3n) is 3.45. The summed E-state index contributed by atoms with van der Waals surface area (Å²) in [6.07, 6.45) is 0. The van der Waals surface area contributed by atoms with Crippen LogP contribution in [0.3, 0.4) is 0 Å². The van der Waals surface area contributed by atoms with E-state index >= 15 is 0 Å². The fraction of sp³-hybridized carbons (Fsp3) is 0.500. The zero-order chi connectivity index (χ0) is 10.5. The Bertz CT molecular complexity index is 371. The molecule has 0 saturated heterocycles. The van der Waals surface area contributed by atoms with Crippen molar-refractivity contribution in [3.63, 3.8) is 0 Å². The van der Waals surface area contributed by atoms with Gasteiger partial charge < -0.3 is 5.73 Å². The minimum Gasteiger partial charge on any atom is -0.327 e. The fourth-order valence-corrected chi connectivity index (χ4v) is 2.18. The third kappa shape index (κ3) is 1.25. The zero-order valence-electron chi connectivity index (χ0n) is 8.84. The van der Waals surface area contributed by atoms with Crippen molar-refractivity contribution in [2.75, 3.05) is 0 Å². The van der Waals surface area contributed by atoms with Gasteiger partial charge in [0.25, 0.3) is 0 Å². The highest BCUT2D eigenvalue weighted by Crippen LogP contribution is 2.57. The second-order valence-electron chi connectivity index (χ2n) is 4.83. The Hall–Kier alpha value is -0.890. The van der Waals surface area contributed by atoms with Gasteiger partial charge in [-0.25, -0.2) is 4.39 Å². The van der Waals surface area contributed by atoms with Gasteiger partial charge in [0.05, 0.1) is 0 Å². The number of halogens is 1. The molecule has 2 atom stereocenters. The van der Waals surface area contributed by atoms with E-state index in [1.54, 1.807) is 6.92 Å². The predicted molar refractivity (Wildman–Crippen MR) is 55.6 cm³/mol. The van der Waals surface area contributed by atoms with Crippen LogP contribution >= 0.6 is 0 Å². The van der Waals surface area contributed by atoms with E-state index in [1.165, 1.54) is 11.6 Å². The maximum atomic E-state index is 13.0. The van der Waals surface area contributed by atoms with Gasteiger partial charge in [0.1, 0.15) is 5.82 Å². The molecular weight excluding hydrogens is 177 g/mol. The molecule has 1 aromatic rings. The number of rotatable bonds is 1. The van der Waals surface area contributed by atoms with Gasteiger partial charge in [-0.3, -0.25) is 0 Å². The van der Waals surface area contributed by atoms with Gasteiger partial charge in [-0.2, -0.15) is 0 Å². The summed E-state index contributed by atoms with van der Waals surface area (Å²) in [5.74, 6) is 0.252. The van der Waals surface area contributed by atoms with E-state index in [0.717, 1.165) is 0 Å². The average molecular weight is 193 g/mol. The Morgan fingerprint density at radius 1 is 1.36 bits per heavy atom. The van der Waals surface area contributed by atoms with Crippen molar-refractivity contribution in [1.82, 2.24) is 0 Å². The zero-order valence-corrected chi connectivity index (χ0v) is 8.84. The number of nitrogens with two attached hydrogens (primary N) is 1. The highest BCUT2D eigenvalue weighted by Gasteiger charge is 2.56. The molecule has 2 rings (SSSR count). The molecule has 0 amide bonds. The first-order valence-corrected chi connectivity index (χ1v) is 4.96. The van der Waals surface area contributed by atoms with Crippen LogP contribution in [0.25, 0.3) is 0 Å². The summed E-state index contributed by atoms with van der Waals surface area (Å²) in [6.45, 7) is 6.10. The van der Waals surface area contributed by atoms with Crippen LogP contribution in [0.15, 0.2) is 18.2 Å². The maximum absolute atomic E-state index is 13.0. The second-order valence-corrected chi connectivity index (χ2v) is 4.83. The largest absolute Gasteiger partial charge is 0.327 e. The van der Waals surface area contributed by atoms with Gasteiger partial charge >= 0.3 is 0 Å². The Balaban J connectivity index is 2.32. The molecule has 1 aliphatic rings. The van der Waals surface area contributed by atoms with Crippen molar-refractivity contribution < 1.29 is 4.39 Å². The maximum Gasteiger partial charge on any atom is 0.126 e. The minimum absolute atomic E-state index is 0.138. The fourth-order valence-electron chi connectivity index (χ4n) is 2.18. The molecule has 1 nitrogen and oxygen atoms in total. The van der Waals surface area contributed by atoms with E-state index in [-0.39, 0.29) is 17.3 Å². The van der Waals surface area contributed by atoms with Crippen LogP contribution in [0.4, 0.5) is 4.39 Å². The van der Waals surface area contributed by atoms with Gasteiger partial charge in [-0.05, 0) is 29.5 Å². The van der Waals surface area contributed by atoms with Crippen LogP contribution < -0.4 is 5.73 Å². The Morgan fingerprint density at radius 2 is 1.93 bits per heavy atom. The Kier molecular flexibility index (Phi) is 1.93. The quantitative estimate of drug-likeness (QED) is 0.729. The van der Waals surface area contributed by atoms with Gasteiger partial charge in [-0.15, -0.1) is 0 Å². The highest BCUT2D eigenvalue weighted by atomic mass is 19.1. The summed E-state index contributed by atoms with van der Waals surface area (Å²) in [5, 5.41) is 0. The summed E-state index contributed by atoms with van der Waals surface area (Å²) in [7, 11) is 0. The molecule has 2 N–H and O–H groups in total. The molecular formula is C12H16FN. The van der Waals surface area contributed by atoms with Crippen molar-refractivity contribution in [1.29, 1.82) is 0 Å². The molecule has 0 spiro atoms. The molecule has 0 radical (unpaired) electrons. The summed E-state index contributed by atoms with van der Waals surface area (Å²) in [5.41, 5.74) is 8.02. The van der Waals surface area contributed by atoms with Gasteiger partial charge in [-0.1, -0.05) is 26.0 Å². The van der Waals surface area contributed by atoms with Crippen LogP contribution in [0.5, 0.6) is 0 Å². The van der Waals surface area contributed by atoms with Crippen LogP contribution in [0.2, 0.25) is 0 Å². The third-order valence-corrected chi connectivity index (χ3v) is 3.45. The SMILES string of the molecule is Cc1cc([C@@H]2[C@@H](N)C2(C)C)ccc1F. The van der Waals surface area contributed by atoms with E-state index in [2.05, 4.69) is 13.8 Å². The molecule has 0 aliphatic heterocycles. The van der Waals surface area contributed by atoms with Crippen molar-refractivity contribution in [3.05, 3.63) is 35.1 Å². The smallest absolute Gasteiger partial charge is 0.126 e. The summed E-state index contributed by atoms with van der Waals surface area (Å²) in [4.78, 5) is 0. The van der Waals surface area contributed by atoms with Crippen LogP contribution in [0, 0.1) is 18.2 Å². The molecule has 0 aromatic heterocycles. The topological polar surface area (TPSA) is 26.0 Å². The van der Waals surface area contributed by atoms with Crippen LogP contribution in [-0.4, -0.2) is 6.04 Å². The molecule has 0 bridgehead atoms. The molecule has 0 unspecified atom stereocenters. The summed E-state index contributed by atoms with van der Waals surface area (Å²) >= 11 is 0. The molecule has 1 saturated carbocycles. The van der Waals surface area contributed by atoms with E-state index in [4.69, 9.17) is 5.73 Å². The van der Waals surface area contributed by atoms with Crippen molar-refractivity contribution >= 4 is 0 Å². The van der Waals surface area contributed by atoms with Crippen LogP contribution in [-0.2, 0) is 0 Å². The lowest BCUT2D eigenvalue weighted by Crippen LogP contribution is -2.06. The van der Waals surface area contributed by atoms with Crippen molar-refractivity contribution in [2.24, 2.45) is 11.1 Å². The molecule has 1 fully saturated rings. The summed E-state index contributed by atoms with van der Waals surface area (Å²) in [6, 6.07) is 5.51. The standard InChI is InChI=1S/C12H16FN/c1-7-6-8(4-5-9(7)13)10-11(14)12(10,2)3/h4-6,10-11H,14H2,1-3H3/t10-,11-/m1/s1. The summed E-state index contributed by atoms with van der Waals surface area (Å²) < 4.78 is 13.0. The average Bonchev–Trinajstić information content (AvgIpc) is 2.58. The Labute approximate surface area is 84.1 Å². The van der Waals surface area contributed by atoms with Gasteiger partial charge in [0, 0.05) is 12.0 Å². The molecule has 14 heavy (non-hydrogen) atoms. The van der Waals surface area contributed by atoms with Crippen molar-refractivity contribution in [3.8, 4) is 0 Å². The first kappa shape index (κ1) is 9.66. The van der Waals surface area contributed by atoms with E-state index in [1.807, 2.05) is 12.1 Å². The monoisotopic (exact) mass is 193 g/mol. The lowest BCUT2D eigenvalue weighted by atomic mass is 10.0. The number of benzene rings is 1. The minimum atomic E-state index is -0.138. The predicted octanol–water partition coefficient (Wildman–Crippen LogP) is 2.58. The lowest BCUT2D eigenvalue weighted by molar-refractivity contribution is 0.596. The first-order valence-electron chi connectivity index (χ1n) is 4.96. The van der Waals surface area contributed by atoms with E-state index < -0.39 is 0 Å². The Morgan fingerprint density at radius 3 is 2.36 bits per heavy atom. The number of hydrogen-bond donors (Lipinski definition) is 1. The second kappa shape index (κ2) is 2.80.